The van der Waals surface area contributed by atoms with E-state index >= 15 is 0 Å². The fraction of sp³-hybridized carbons (Fsp3) is 0.538. The predicted molar refractivity (Wildman–Crippen MR) is 65.4 cm³/mol. The van der Waals surface area contributed by atoms with Gasteiger partial charge in [-0.2, -0.15) is 10.2 Å². The first-order chi connectivity index (χ1) is 7.37. The number of nitrogens with zero attached hydrogens (tertiary/aromatic N) is 2. The zero-order valence-corrected chi connectivity index (χ0v) is 10.7. The molecule has 16 heavy (non-hydrogen) atoms. The van der Waals surface area contributed by atoms with Gasteiger partial charge in [-0.1, -0.05) is 30.3 Å². The van der Waals surface area contributed by atoms with E-state index in [-0.39, 0.29) is 5.54 Å². The molecule has 3 nitrogen and oxygen atoms in total. The first-order valence-electron chi connectivity index (χ1n) is 5.42. The van der Waals surface area contributed by atoms with Crippen molar-refractivity contribution in [3.8, 4) is 0 Å². The maximum atomic E-state index is 5.46. The number of rotatable bonds is 3. The van der Waals surface area contributed by atoms with Crippen LogP contribution in [0.4, 0.5) is 0 Å². The lowest BCUT2D eigenvalue weighted by atomic mass is 10.1. The van der Waals surface area contributed by atoms with E-state index in [1.54, 1.807) is 7.11 Å². The van der Waals surface area contributed by atoms with Crippen molar-refractivity contribution in [1.82, 2.24) is 0 Å². The molecule has 0 bridgehead atoms. The van der Waals surface area contributed by atoms with Crippen LogP contribution in [0.5, 0.6) is 0 Å². The number of benzene rings is 1. The molecule has 3 heteroatoms. The van der Waals surface area contributed by atoms with E-state index in [0.29, 0.717) is 0 Å². The molecule has 1 unspecified atom stereocenters. The van der Waals surface area contributed by atoms with E-state index in [2.05, 4.69) is 10.2 Å². The highest BCUT2D eigenvalue weighted by atomic mass is 16.5. The van der Waals surface area contributed by atoms with Crippen LogP contribution in [-0.4, -0.2) is 12.6 Å². The molecule has 0 aliphatic carbocycles. The number of methoxy groups -OCH3 is 1. The molecule has 1 rings (SSSR count). The van der Waals surface area contributed by atoms with Crippen molar-refractivity contribution in [3.05, 3.63) is 35.9 Å². The minimum Gasteiger partial charge on any atom is -0.352 e. The molecule has 1 aromatic carbocycles. The number of azo groups is 1. The molecule has 0 saturated carbocycles. The highest BCUT2D eigenvalue weighted by Gasteiger charge is 2.26. The van der Waals surface area contributed by atoms with Crippen molar-refractivity contribution in [2.75, 3.05) is 7.11 Å². The Labute approximate surface area is 97.5 Å². The molecule has 0 heterocycles. The molecule has 88 valence electrons. The van der Waals surface area contributed by atoms with Crippen molar-refractivity contribution in [3.63, 3.8) is 0 Å². The van der Waals surface area contributed by atoms with Gasteiger partial charge in [0.25, 0.3) is 0 Å². The maximum absolute atomic E-state index is 5.46. The normalized spacial score (nSPS) is 16.3. The quantitative estimate of drug-likeness (QED) is 0.714. The van der Waals surface area contributed by atoms with Crippen LogP contribution in [0.1, 0.15) is 33.3 Å². The van der Waals surface area contributed by atoms with Gasteiger partial charge in [0, 0.05) is 12.7 Å². The Morgan fingerprint density at radius 1 is 0.938 bits per heavy atom. The number of hydrogen-bond donors (Lipinski definition) is 0. The molecule has 1 atom stereocenters. The first kappa shape index (κ1) is 12.8. The summed E-state index contributed by atoms with van der Waals surface area (Å²) in [7, 11) is 1.65. The van der Waals surface area contributed by atoms with E-state index in [9.17, 15) is 0 Å². The van der Waals surface area contributed by atoms with Gasteiger partial charge in [0.15, 0.2) is 0 Å². The van der Waals surface area contributed by atoms with Gasteiger partial charge in [0.05, 0.1) is 5.54 Å². The van der Waals surface area contributed by atoms with Crippen LogP contribution in [-0.2, 0) is 10.5 Å². The Kier molecular flexibility index (Phi) is 3.81. The van der Waals surface area contributed by atoms with Gasteiger partial charge in [-0.3, -0.25) is 0 Å². The minimum absolute atomic E-state index is 0.186. The van der Waals surface area contributed by atoms with Crippen molar-refractivity contribution >= 4 is 0 Å². The van der Waals surface area contributed by atoms with Gasteiger partial charge < -0.3 is 4.74 Å². The molecular weight excluding hydrogens is 200 g/mol. The lowest BCUT2D eigenvalue weighted by Crippen LogP contribution is -2.22. The number of ether oxygens (including phenoxy) is 1. The van der Waals surface area contributed by atoms with E-state index in [0.717, 1.165) is 5.56 Å². The Morgan fingerprint density at radius 3 is 1.94 bits per heavy atom. The van der Waals surface area contributed by atoms with Gasteiger partial charge in [0.1, 0.15) is 0 Å². The van der Waals surface area contributed by atoms with E-state index in [1.165, 1.54) is 0 Å². The van der Waals surface area contributed by atoms with Crippen molar-refractivity contribution < 1.29 is 4.74 Å². The average molecular weight is 220 g/mol. The summed E-state index contributed by atoms with van der Waals surface area (Å²) in [6.07, 6.45) is 0. The molecule has 0 aliphatic rings. The van der Waals surface area contributed by atoms with Crippen molar-refractivity contribution in [2.24, 2.45) is 10.2 Å². The third kappa shape index (κ3) is 3.42. The van der Waals surface area contributed by atoms with Crippen molar-refractivity contribution in [1.29, 1.82) is 0 Å². The van der Waals surface area contributed by atoms with Gasteiger partial charge in [-0.25, -0.2) is 0 Å². The summed E-state index contributed by atoms with van der Waals surface area (Å²) < 4.78 is 5.46. The van der Waals surface area contributed by atoms with E-state index in [1.807, 2.05) is 58.0 Å². The average Bonchev–Trinajstić information content (AvgIpc) is 2.26. The minimum atomic E-state index is -0.700. The van der Waals surface area contributed by atoms with E-state index < -0.39 is 5.72 Å². The van der Waals surface area contributed by atoms with Crippen LogP contribution >= 0.6 is 0 Å². The Morgan fingerprint density at radius 2 is 1.50 bits per heavy atom. The molecule has 0 amide bonds. The van der Waals surface area contributed by atoms with Crippen LogP contribution in [0, 0.1) is 0 Å². The highest BCUT2D eigenvalue weighted by molar-refractivity contribution is 5.21. The summed E-state index contributed by atoms with van der Waals surface area (Å²) in [6.45, 7) is 7.95. The molecule has 0 aromatic heterocycles. The molecule has 0 radical (unpaired) electrons. The fourth-order valence-corrected chi connectivity index (χ4v) is 1.21. The van der Waals surface area contributed by atoms with Crippen LogP contribution in [0.2, 0.25) is 0 Å². The molecule has 0 N–H and O–H groups in total. The largest absolute Gasteiger partial charge is 0.352 e. The van der Waals surface area contributed by atoms with Crippen LogP contribution in [0.15, 0.2) is 40.6 Å². The van der Waals surface area contributed by atoms with Crippen LogP contribution in [0.3, 0.4) is 0 Å². The zero-order valence-electron chi connectivity index (χ0n) is 10.7. The summed E-state index contributed by atoms with van der Waals surface area (Å²) in [5.74, 6) is 0. The molecular formula is C13H20N2O. The summed E-state index contributed by atoms with van der Waals surface area (Å²) in [6, 6.07) is 9.90. The Balaban J connectivity index is 3.00. The molecule has 0 saturated heterocycles. The highest BCUT2D eigenvalue weighted by Crippen LogP contribution is 2.27. The third-order valence-electron chi connectivity index (χ3n) is 2.25. The summed E-state index contributed by atoms with van der Waals surface area (Å²) in [4.78, 5) is 0. The fourth-order valence-electron chi connectivity index (χ4n) is 1.21. The maximum Gasteiger partial charge on any atom is 0.201 e. The second-order valence-corrected chi connectivity index (χ2v) is 4.92. The standard InChI is InChI=1S/C13H20N2O/c1-12(2,3)14-15-13(4,16-5)11-9-7-6-8-10-11/h6-10H,1-5H3/b15-14+. The summed E-state index contributed by atoms with van der Waals surface area (Å²) in [5.41, 5.74) is 0.119. The Hall–Kier alpha value is -1.22. The molecule has 0 spiro atoms. The van der Waals surface area contributed by atoms with Gasteiger partial charge in [-0.15, -0.1) is 0 Å². The molecule has 1 aromatic rings. The van der Waals surface area contributed by atoms with Gasteiger partial charge in [-0.05, 0) is 27.7 Å². The SMILES string of the molecule is COC(C)(/N=N/C(C)(C)C)c1ccccc1. The molecule has 0 fully saturated rings. The van der Waals surface area contributed by atoms with E-state index in [4.69, 9.17) is 4.74 Å². The summed E-state index contributed by atoms with van der Waals surface area (Å²) >= 11 is 0. The second kappa shape index (κ2) is 4.74. The van der Waals surface area contributed by atoms with Crippen molar-refractivity contribution in [2.45, 2.75) is 39.0 Å². The third-order valence-corrected chi connectivity index (χ3v) is 2.25. The predicted octanol–water partition coefficient (Wildman–Crippen LogP) is 3.76. The second-order valence-electron chi connectivity index (χ2n) is 4.92. The summed E-state index contributed by atoms with van der Waals surface area (Å²) in [5, 5.41) is 8.59. The lowest BCUT2D eigenvalue weighted by Gasteiger charge is -2.24. The number of hydrogen-bond acceptors (Lipinski definition) is 3. The smallest absolute Gasteiger partial charge is 0.201 e. The Bertz CT molecular complexity index is 354. The monoisotopic (exact) mass is 220 g/mol. The topological polar surface area (TPSA) is 34.0 Å². The first-order valence-corrected chi connectivity index (χ1v) is 5.42. The lowest BCUT2D eigenvalue weighted by molar-refractivity contribution is 0.00117. The molecule has 0 aliphatic heterocycles. The van der Waals surface area contributed by atoms with Gasteiger partial charge in [0.2, 0.25) is 5.72 Å². The van der Waals surface area contributed by atoms with Crippen LogP contribution < -0.4 is 0 Å². The van der Waals surface area contributed by atoms with Gasteiger partial charge >= 0.3 is 0 Å². The zero-order chi connectivity index (χ0) is 12.2. The van der Waals surface area contributed by atoms with Crippen LogP contribution in [0.25, 0.3) is 0 Å².